The summed E-state index contributed by atoms with van der Waals surface area (Å²) in [4.78, 5) is 14.1. The lowest BCUT2D eigenvalue weighted by Gasteiger charge is -2.17. The number of hydrogen-bond acceptors (Lipinski definition) is 2. The van der Waals surface area contributed by atoms with Crippen molar-refractivity contribution in [3.05, 3.63) is 65.7 Å². The van der Waals surface area contributed by atoms with Crippen molar-refractivity contribution in [2.75, 3.05) is 25.5 Å². The molecule has 0 spiro atoms. The Morgan fingerprint density at radius 2 is 1.79 bits per heavy atom. The van der Waals surface area contributed by atoms with Crippen molar-refractivity contribution in [2.45, 2.75) is 25.8 Å². The number of amides is 2. The molecule has 0 bridgehead atoms. The predicted molar refractivity (Wildman–Crippen MR) is 100 cm³/mol. The van der Waals surface area contributed by atoms with Crippen LogP contribution >= 0.6 is 0 Å². The van der Waals surface area contributed by atoms with Crippen LogP contribution in [-0.4, -0.2) is 26.7 Å². The van der Waals surface area contributed by atoms with Gasteiger partial charge in [0, 0.05) is 38.8 Å². The topological polar surface area (TPSA) is 44.4 Å². The summed E-state index contributed by atoms with van der Waals surface area (Å²) in [5, 5.41) is 5.91. The van der Waals surface area contributed by atoms with Crippen molar-refractivity contribution in [3.8, 4) is 0 Å². The summed E-state index contributed by atoms with van der Waals surface area (Å²) in [6, 6.07) is 18.3. The van der Waals surface area contributed by atoms with Gasteiger partial charge in [0.2, 0.25) is 0 Å². The van der Waals surface area contributed by atoms with E-state index in [-0.39, 0.29) is 6.03 Å². The Kier molecular flexibility index (Phi) is 6.67. The Morgan fingerprint density at radius 1 is 1.04 bits per heavy atom. The summed E-state index contributed by atoms with van der Waals surface area (Å²) in [5.41, 5.74) is 3.48. The van der Waals surface area contributed by atoms with Gasteiger partial charge >= 0.3 is 6.03 Å². The maximum Gasteiger partial charge on any atom is 0.315 e. The summed E-state index contributed by atoms with van der Waals surface area (Å²) >= 11 is 0. The van der Waals surface area contributed by atoms with Crippen LogP contribution in [0, 0.1) is 0 Å². The SMILES string of the molecule is CCC(CNC(=O)NCc1cccc(N(C)C)c1)c1ccccc1. The fourth-order valence-electron chi connectivity index (χ4n) is 2.63. The van der Waals surface area contributed by atoms with Gasteiger partial charge in [-0.25, -0.2) is 4.79 Å². The Hall–Kier alpha value is -2.49. The standard InChI is InChI=1S/C20H27N3O/c1-4-17(18-10-6-5-7-11-18)15-22-20(24)21-14-16-9-8-12-19(13-16)23(2)3/h5-13,17H,4,14-15H2,1-3H3,(H2,21,22,24). The van der Waals surface area contributed by atoms with E-state index in [0.29, 0.717) is 19.0 Å². The first-order chi connectivity index (χ1) is 11.6. The zero-order chi connectivity index (χ0) is 17.4. The molecule has 128 valence electrons. The number of nitrogens with one attached hydrogen (secondary N) is 2. The number of benzene rings is 2. The number of nitrogens with zero attached hydrogens (tertiary/aromatic N) is 1. The lowest BCUT2D eigenvalue weighted by Crippen LogP contribution is -2.37. The first-order valence-corrected chi connectivity index (χ1v) is 8.43. The van der Waals surface area contributed by atoms with Crippen LogP contribution in [0.5, 0.6) is 0 Å². The number of urea groups is 1. The van der Waals surface area contributed by atoms with Crippen LogP contribution in [0.25, 0.3) is 0 Å². The third kappa shape index (κ3) is 5.30. The third-order valence-electron chi connectivity index (χ3n) is 4.15. The molecule has 0 fully saturated rings. The minimum atomic E-state index is -0.125. The predicted octanol–water partition coefficient (Wildman–Crippen LogP) is 3.75. The van der Waals surface area contributed by atoms with E-state index in [2.05, 4.69) is 46.7 Å². The summed E-state index contributed by atoms with van der Waals surface area (Å²) in [7, 11) is 4.02. The van der Waals surface area contributed by atoms with Gasteiger partial charge in [-0.1, -0.05) is 49.4 Å². The second-order valence-electron chi connectivity index (χ2n) is 6.14. The number of anilines is 1. The van der Waals surface area contributed by atoms with Gasteiger partial charge in [-0.15, -0.1) is 0 Å². The molecule has 2 aromatic rings. The Bertz CT molecular complexity index is 640. The maximum atomic E-state index is 12.1. The van der Waals surface area contributed by atoms with Crippen LogP contribution in [0.15, 0.2) is 54.6 Å². The van der Waals surface area contributed by atoms with E-state index >= 15 is 0 Å². The second kappa shape index (κ2) is 8.96. The molecule has 4 nitrogen and oxygen atoms in total. The van der Waals surface area contributed by atoms with Gasteiger partial charge in [-0.2, -0.15) is 0 Å². The minimum absolute atomic E-state index is 0.125. The average Bonchev–Trinajstić information content (AvgIpc) is 2.61. The van der Waals surface area contributed by atoms with E-state index in [9.17, 15) is 4.79 Å². The largest absolute Gasteiger partial charge is 0.378 e. The number of carbonyl (C=O) groups is 1. The lowest BCUT2D eigenvalue weighted by atomic mass is 9.97. The Morgan fingerprint density at radius 3 is 2.46 bits per heavy atom. The highest BCUT2D eigenvalue weighted by molar-refractivity contribution is 5.74. The molecule has 0 heterocycles. The molecule has 4 heteroatoms. The zero-order valence-corrected chi connectivity index (χ0v) is 14.8. The highest BCUT2D eigenvalue weighted by Gasteiger charge is 2.10. The molecule has 0 aliphatic rings. The van der Waals surface area contributed by atoms with Gasteiger partial charge in [0.05, 0.1) is 0 Å². The van der Waals surface area contributed by atoms with Crippen molar-refractivity contribution in [1.29, 1.82) is 0 Å². The molecule has 0 aliphatic carbocycles. The molecule has 1 unspecified atom stereocenters. The fraction of sp³-hybridized carbons (Fsp3) is 0.350. The van der Waals surface area contributed by atoms with Gasteiger partial charge in [0.25, 0.3) is 0 Å². The Labute approximate surface area is 144 Å². The second-order valence-corrected chi connectivity index (χ2v) is 6.14. The number of carbonyl (C=O) groups excluding carboxylic acids is 1. The van der Waals surface area contributed by atoms with Crippen LogP contribution < -0.4 is 15.5 Å². The molecule has 2 aromatic carbocycles. The van der Waals surface area contributed by atoms with E-state index in [1.807, 2.05) is 44.4 Å². The van der Waals surface area contributed by atoms with Gasteiger partial charge in [-0.3, -0.25) is 0 Å². The fourth-order valence-corrected chi connectivity index (χ4v) is 2.63. The van der Waals surface area contributed by atoms with Crippen molar-refractivity contribution >= 4 is 11.7 Å². The smallest absolute Gasteiger partial charge is 0.315 e. The quantitative estimate of drug-likeness (QED) is 0.814. The maximum absolute atomic E-state index is 12.1. The van der Waals surface area contributed by atoms with E-state index in [1.54, 1.807) is 0 Å². The van der Waals surface area contributed by atoms with E-state index in [0.717, 1.165) is 17.7 Å². The monoisotopic (exact) mass is 325 g/mol. The third-order valence-corrected chi connectivity index (χ3v) is 4.15. The summed E-state index contributed by atoms with van der Waals surface area (Å²) in [6.07, 6.45) is 0.995. The van der Waals surface area contributed by atoms with Gasteiger partial charge in [0.1, 0.15) is 0 Å². The molecule has 2 amide bonds. The summed E-state index contributed by atoms with van der Waals surface area (Å²) in [5.74, 6) is 0.342. The zero-order valence-electron chi connectivity index (χ0n) is 14.8. The lowest BCUT2D eigenvalue weighted by molar-refractivity contribution is 0.239. The molecule has 0 radical (unpaired) electrons. The van der Waals surface area contributed by atoms with E-state index < -0.39 is 0 Å². The highest BCUT2D eigenvalue weighted by Crippen LogP contribution is 2.18. The minimum Gasteiger partial charge on any atom is -0.378 e. The van der Waals surface area contributed by atoms with Crippen LogP contribution in [0.2, 0.25) is 0 Å². The van der Waals surface area contributed by atoms with E-state index in [1.165, 1.54) is 5.56 Å². The first-order valence-electron chi connectivity index (χ1n) is 8.43. The Balaban J connectivity index is 1.82. The van der Waals surface area contributed by atoms with Gasteiger partial charge < -0.3 is 15.5 Å². The molecule has 2 rings (SSSR count). The van der Waals surface area contributed by atoms with Gasteiger partial charge in [-0.05, 0) is 29.7 Å². The van der Waals surface area contributed by atoms with Crippen molar-refractivity contribution in [1.82, 2.24) is 10.6 Å². The number of hydrogen-bond donors (Lipinski definition) is 2. The van der Waals surface area contributed by atoms with E-state index in [4.69, 9.17) is 0 Å². The van der Waals surface area contributed by atoms with Crippen LogP contribution in [-0.2, 0) is 6.54 Å². The molecule has 0 saturated carbocycles. The average molecular weight is 325 g/mol. The van der Waals surface area contributed by atoms with Crippen molar-refractivity contribution in [2.24, 2.45) is 0 Å². The highest BCUT2D eigenvalue weighted by atomic mass is 16.2. The van der Waals surface area contributed by atoms with Crippen LogP contribution in [0.3, 0.4) is 0 Å². The molecule has 24 heavy (non-hydrogen) atoms. The molecule has 0 saturated heterocycles. The van der Waals surface area contributed by atoms with Crippen molar-refractivity contribution < 1.29 is 4.79 Å². The summed E-state index contributed by atoms with van der Waals surface area (Å²) in [6.45, 7) is 3.31. The molecular formula is C20H27N3O. The summed E-state index contributed by atoms with van der Waals surface area (Å²) < 4.78 is 0. The van der Waals surface area contributed by atoms with Crippen molar-refractivity contribution in [3.63, 3.8) is 0 Å². The molecule has 0 aliphatic heterocycles. The molecule has 2 N–H and O–H groups in total. The number of rotatable bonds is 7. The molecule has 1 atom stereocenters. The van der Waals surface area contributed by atoms with Crippen LogP contribution in [0.4, 0.5) is 10.5 Å². The first kappa shape index (κ1) is 17.9. The normalized spacial score (nSPS) is 11.6. The van der Waals surface area contributed by atoms with Crippen LogP contribution in [0.1, 0.15) is 30.4 Å². The van der Waals surface area contributed by atoms with Gasteiger partial charge in [0.15, 0.2) is 0 Å². The molecular weight excluding hydrogens is 298 g/mol. The molecule has 0 aromatic heterocycles.